The molecule has 0 aromatic rings. The van der Waals surface area contributed by atoms with Gasteiger partial charge in [0.25, 0.3) is 0 Å². The van der Waals surface area contributed by atoms with Crippen LogP contribution in [0.5, 0.6) is 0 Å². The van der Waals surface area contributed by atoms with E-state index < -0.39 is 24.1 Å². The topological polar surface area (TPSA) is 108 Å². The molecule has 0 radical (unpaired) electrons. The third-order valence-electron chi connectivity index (χ3n) is 2.31. The zero-order valence-electron chi connectivity index (χ0n) is 8.95. The molecule has 0 spiro atoms. The van der Waals surface area contributed by atoms with Gasteiger partial charge in [0.05, 0.1) is 0 Å². The SMILES string of the molecule is CC(NC(=O)NC1CCCNC1=O)C(=O)O. The predicted molar refractivity (Wildman–Crippen MR) is 54.8 cm³/mol. The molecule has 2 atom stereocenters. The van der Waals surface area contributed by atoms with Crippen LogP contribution in [0.2, 0.25) is 0 Å². The van der Waals surface area contributed by atoms with Gasteiger partial charge in [-0.05, 0) is 19.8 Å². The number of carbonyl (C=O) groups excluding carboxylic acids is 2. The summed E-state index contributed by atoms with van der Waals surface area (Å²) < 4.78 is 0. The zero-order chi connectivity index (χ0) is 12.1. The summed E-state index contributed by atoms with van der Waals surface area (Å²) in [7, 11) is 0. The standard InChI is InChI=1S/C9H15N3O4/c1-5(8(14)15)11-9(16)12-6-3-2-4-10-7(6)13/h5-6H,2-4H2,1H3,(H,10,13)(H,14,15)(H2,11,12,16). The Hall–Kier alpha value is -1.79. The van der Waals surface area contributed by atoms with Gasteiger partial charge >= 0.3 is 12.0 Å². The molecule has 16 heavy (non-hydrogen) atoms. The second-order valence-corrected chi connectivity index (χ2v) is 3.66. The summed E-state index contributed by atoms with van der Waals surface area (Å²) in [4.78, 5) is 33.1. The average molecular weight is 229 g/mol. The number of carboxylic acid groups (broad SMARTS) is 1. The molecular formula is C9H15N3O4. The number of hydrogen-bond donors (Lipinski definition) is 4. The molecular weight excluding hydrogens is 214 g/mol. The normalized spacial score (nSPS) is 21.8. The van der Waals surface area contributed by atoms with E-state index in [-0.39, 0.29) is 5.91 Å². The van der Waals surface area contributed by atoms with Gasteiger partial charge in [-0.2, -0.15) is 0 Å². The minimum absolute atomic E-state index is 0.232. The van der Waals surface area contributed by atoms with Crippen molar-refractivity contribution in [2.45, 2.75) is 31.8 Å². The Kier molecular flexibility index (Phi) is 4.10. The van der Waals surface area contributed by atoms with Gasteiger partial charge in [0, 0.05) is 6.54 Å². The van der Waals surface area contributed by atoms with Gasteiger partial charge in [0.2, 0.25) is 5.91 Å². The smallest absolute Gasteiger partial charge is 0.325 e. The molecule has 90 valence electrons. The number of urea groups is 1. The maximum absolute atomic E-state index is 11.3. The molecule has 0 aromatic carbocycles. The van der Waals surface area contributed by atoms with E-state index in [0.29, 0.717) is 13.0 Å². The summed E-state index contributed by atoms with van der Waals surface area (Å²) >= 11 is 0. The van der Waals surface area contributed by atoms with Crippen molar-refractivity contribution >= 4 is 17.9 Å². The number of carboxylic acids is 1. The molecule has 1 fully saturated rings. The molecule has 1 aliphatic rings. The Morgan fingerprint density at radius 2 is 2.25 bits per heavy atom. The molecule has 1 saturated heterocycles. The Morgan fingerprint density at radius 3 is 2.81 bits per heavy atom. The third kappa shape index (κ3) is 3.41. The highest BCUT2D eigenvalue weighted by atomic mass is 16.4. The number of amides is 3. The highest BCUT2D eigenvalue weighted by Crippen LogP contribution is 2.02. The average Bonchev–Trinajstić information content (AvgIpc) is 2.21. The summed E-state index contributed by atoms with van der Waals surface area (Å²) in [5.74, 6) is -1.35. The molecule has 7 nitrogen and oxygen atoms in total. The van der Waals surface area contributed by atoms with E-state index in [1.165, 1.54) is 6.92 Å². The number of nitrogens with one attached hydrogen (secondary N) is 3. The lowest BCUT2D eigenvalue weighted by Gasteiger charge is -2.23. The molecule has 1 aliphatic heterocycles. The van der Waals surface area contributed by atoms with Gasteiger partial charge in [0.1, 0.15) is 12.1 Å². The van der Waals surface area contributed by atoms with Crippen LogP contribution >= 0.6 is 0 Å². The quantitative estimate of drug-likeness (QED) is 0.499. The second kappa shape index (κ2) is 5.34. The van der Waals surface area contributed by atoms with Crippen LogP contribution < -0.4 is 16.0 Å². The van der Waals surface area contributed by atoms with Crippen molar-refractivity contribution in [1.29, 1.82) is 0 Å². The van der Waals surface area contributed by atoms with Gasteiger partial charge in [-0.3, -0.25) is 9.59 Å². The fourth-order valence-corrected chi connectivity index (χ4v) is 1.37. The Morgan fingerprint density at radius 1 is 1.56 bits per heavy atom. The van der Waals surface area contributed by atoms with Crippen molar-refractivity contribution in [3.05, 3.63) is 0 Å². The van der Waals surface area contributed by atoms with Gasteiger partial charge < -0.3 is 21.1 Å². The Bertz CT molecular complexity index is 305. The van der Waals surface area contributed by atoms with Crippen molar-refractivity contribution in [3.8, 4) is 0 Å². The molecule has 4 N–H and O–H groups in total. The van der Waals surface area contributed by atoms with Crippen molar-refractivity contribution in [2.75, 3.05) is 6.54 Å². The minimum atomic E-state index is -1.12. The number of rotatable bonds is 3. The van der Waals surface area contributed by atoms with Crippen molar-refractivity contribution in [3.63, 3.8) is 0 Å². The van der Waals surface area contributed by atoms with Crippen LogP contribution in [0.4, 0.5) is 4.79 Å². The van der Waals surface area contributed by atoms with Crippen LogP contribution in [0.15, 0.2) is 0 Å². The number of piperidine rings is 1. The lowest BCUT2D eigenvalue weighted by Crippen LogP contribution is -2.54. The molecule has 0 aliphatic carbocycles. The summed E-state index contributed by atoms with van der Waals surface area (Å²) in [5, 5.41) is 15.8. The van der Waals surface area contributed by atoms with Crippen LogP contribution in [0.3, 0.4) is 0 Å². The van der Waals surface area contributed by atoms with Gasteiger partial charge in [0.15, 0.2) is 0 Å². The number of hydrogen-bond acceptors (Lipinski definition) is 3. The maximum Gasteiger partial charge on any atom is 0.325 e. The van der Waals surface area contributed by atoms with Crippen molar-refractivity contribution in [2.24, 2.45) is 0 Å². The largest absolute Gasteiger partial charge is 0.480 e. The van der Waals surface area contributed by atoms with Crippen molar-refractivity contribution in [1.82, 2.24) is 16.0 Å². The van der Waals surface area contributed by atoms with Crippen LogP contribution in [0, 0.1) is 0 Å². The van der Waals surface area contributed by atoms with E-state index in [0.717, 1.165) is 6.42 Å². The van der Waals surface area contributed by atoms with E-state index in [2.05, 4.69) is 16.0 Å². The summed E-state index contributed by atoms with van der Waals surface area (Å²) in [6.45, 7) is 1.97. The van der Waals surface area contributed by atoms with Gasteiger partial charge in [-0.25, -0.2) is 4.79 Å². The third-order valence-corrected chi connectivity index (χ3v) is 2.31. The van der Waals surface area contributed by atoms with Crippen LogP contribution in [-0.4, -0.2) is 41.6 Å². The number of carbonyl (C=O) groups is 3. The number of aliphatic carboxylic acids is 1. The van der Waals surface area contributed by atoms with Crippen LogP contribution in [-0.2, 0) is 9.59 Å². The van der Waals surface area contributed by atoms with Crippen LogP contribution in [0.1, 0.15) is 19.8 Å². The molecule has 2 unspecified atom stereocenters. The van der Waals surface area contributed by atoms with E-state index in [9.17, 15) is 14.4 Å². The zero-order valence-corrected chi connectivity index (χ0v) is 8.95. The van der Waals surface area contributed by atoms with Gasteiger partial charge in [-0.15, -0.1) is 0 Å². The first-order valence-electron chi connectivity index (χ1n) is 5.08. The monoisotopic (exact) mass is 229 g/mol. The minimum Gasteiger partial charge on any atom is -0.480 e. The lowest BCUT2D eigenvalue weighted by atomic mass is 10.1. The Balaban J connectivity index is 2.38. The lowest BCUT2D eigenvalue weighted by molar-refractivity contribution is -0.138. The fourth-order valence-electron chi connectivity index (χ4n) is 1.37. The molecule has 1 rings (SSSR count). The first-order chi connectivity index (χ1) is 7.50. The molecule has 1 heterocycles. The van der Waals surface area contributed by atoms with Gasteiger partial charge in [-0.1, -0.05) is 0 Å². The van der Waals surface area contributed by atoms with E-state index in [4.69, 9.17) is 5.11 Å². The maximum atomic E-state index is 11.3. The summed E-state index contributed by atoms with van der Waals surface area (Å²) in [5.41, 5.74) is 0. The van der Waals surface area contributed by atoms with E-state index in [1.807, 2.05) is 0 Å². The van der Waals surface area contributed by atoms with E-state index >= 15 is 0 Å². The molecule has 0 aromatic heterocycles. The molecule has 0 saturated carbocycles. The highest BCUT2D eigenvalue weighted by molar-refractivity contribution is 5.89. The molecule has 3 amide bonds. The molecule has 7 heteroatoms. The second-order valence-electron chi connectivity index (χ2n) is 3.66. The highest BCUT2D eigenvalue weighted by Gasteiger charge is 2.24. The Labute approximate surface area is 92.6 Å². The fraction of sp³-hybridized carbons (Fsp3) is 0.667. The summed E-state index contributed by atoms with van der Waals surface area (Å²) in [6.07, 6.45) is 1.37. The van der Waals surface area contributed by atoms with Crippen molar-refractivity contribution < 1.29 is 19.5 Å². The molecule has 0 bridgehead atoms. The first kappa shape index (κ1) is 12.3. The van der Waals surface area contributed by atoms with Crippen LogP contribution in [0.25, 0.3) is 0 Å². The summed E-state index contributed by atoms with van der Waals surface area (Å²) in [6, 6.07) is -2.20. The first-order valence-corrected chi connectivity index (χ1v) is 5.08. The predicted octanol–water partition coefficient (Wildman–Crippen LogP) is -0.963. The van der Waals surface area contributed by atoms with E-state index in [1.54, 1.807) is 0 Å².